The van der Waals surface area contributed by atoms with Crippen molar-refractivity contribution in [3.63, 3.8) is 0 Å². The van der Waals surface area contributed by atoms with Gasteiger partial charge in [0.15, 0.2) is 5.78 Å². The van der Waals surface area contributed by atoms with Gasteiger partial charge in [-0.3, -0.25) is 4.79 Å². The predicted molar refractivity (Wildman–Crippen MR) is 122 cm³/mol. The summed E-state index contributed by atoms with van der Waals surface area (Å²) in [5.74, 6) is 4.31. The number of hydrogen-bond donors (Lipinski definition) is 1. The summed E-state index contributed by atoms with van der Waals surface area (Å²) < 4.78 is 0. The van der Waals surface area contributed by atoms with Crippen molar-refractivity contribution in [2.45, 2.75) is 104 Å². The highest BCUT2D eigenvalue weighted by atomic mass is 16.3. The van der Waals surface area contributed by atoms with E-state index in [0.29, 0.717) is 17.6 Å². The molecule has 4 aliphatic carbocycles. The fourth-order valence-electron chi connectivity index (χ4n) is 8.38. The Kier molecular flexibility index (Phi) is 6.37. The highest BCUT2D eigenvalue weighted by Crippen LogP contribution is 2.65. The number of Topliss-reactive ketones (excluding diaryl/α,β-unsaturated/α-hetero) is 1. The summed E-state index contributed by atoms with van der Waals surface area (Å²) in [4.78, 5) is 15.0. The van der Waals surface area contributed by atoms with Gasteiger partial charge in [-0.1, -0.05) is 20.8 Å². The number of aliphatic hydroxyl groups is 1. The first-order valence-corrected chi connectivity index (χ1v) is 12.9. The van der Waals surface area contributed by atoms with Gasteiger partial charge in [0, 0.05) is 5.92 Å². The Labute approximate surface area is 188 Å². The molecular weight excluding hydrogens is 386 g/mol. The minimum absolute atomic E-state index is 0.145. The number of carbonyl (C=O) groups excluding carboxylic acids is 1. The highest BCUT2D eigenvalue weighted by Gasteiger charge is 2.59. The van der Waals surface area contributed by atoms with Crippen molar-refractivity contribution in [1.29, 1.82) is 0 Å². The minimum atomic E-state index is -0.446. The Morgan fingerprint density at radius 1 is 0.968 bits per heavy atom. The Bertz CT molecular complexity index is 761. The third kappa shape index (κ3) is 3.89. The highest BCUT2D eigenvalue weighted by molar-refractivity contribution is 5.85. The molecule has 0 spiro atoms. The molecule has 1 N–H and O–H groups in total. The van der Waals surface area contributed by atoms with E-state index in [9.17, 15) is 9.90 Å². The van der Waals surface area contributed by atoms with Gasteiger partial charge in [0.05, 0.1) is 18.0 Å². The molecule has 9 atom stereocenters. The molecule has 31 heavy (non-hydrogen) atoms. The average Bonchev–Trinajstić information content (AvgIpc) is 3.41. The fourth-order valence-corrected chi connectivity index (χ4v) is 8.38. The Morgan fingerprint density at radius 3 is 2.35 bits per heavy atom. The Hall–Kier alpha value is -1.23. The number of ketones is 1. The van der Waals surface area contributed by atoms with Gasteiger partial charge in [-0.05, 0) is 107 Å². The third-order valence-corrected chi connectivity index (χ3v) is 9.78. The van der Waals surface area contributed by atoms with Gasteiger partial charge in [-0.2, -0.15) is 15.0 Å². The van der Waals surface area contributed by atoms with Crippen LogP contribution in [0.25, 0.3) is 0 Å². The van der Waals surface area contributed by atoms with Crippen LogP contribution in [0.15, 0.2) is 12.4 Å². The van der Waals surface area contributed by atoms with Crippen LogP contribution in [0.2, 0.25) is 0 Å². The molecule has 4 aliphatic rings. The van der Waals surface area contributed by atoms with Crippen molar-refractivity contribution in [1.82, 2.24) is 15.0 Å². The topological polar surface area (TPSA) is 68.0 Å². The molecule has 1 aromatic rings. The lowest BCUT2D eigenvalue weighted by atomic mass is 9.49. The summed E-state index contributed by atoms with van der Waals surface area (Å²) in [5, 5.41) is 19.0. The van der Waals surface area contributed by atoms with E-state index >= 15 is 0 Å². The molecule has 6 unspecified atom stereocenters. The maximum atomic E-state index is 13.4. The standard InChI is InChI=1S/C24H37N3O2.C2H6/c1-15(27-25-12-13-26-27)22(28)21-7-6-20-19-5-4-16-14-23(2,29)10-8-17(16)18(19)9-11-24(20,21)3;1-2/h12-13,15-21,29H,4-11,14H2,1-3H3;1-2H3/t15-,16?,17?,18?,19?,20?,21?,23-,24+;/m1./s1. The fraction of sp³-hybridized carbons (Fsp3) is 0.885. The molecule has 1 heterocycles. The van der Waals surface area contributed by atoms with E-state index in [1.54, 1.807) is 17.2 Å². The number of hydrogen-bond acceptors (Lipinski definition) is 4. The van der Waals surface area contributed by atoms with Gasteiger partial charge in [0.1, 0.15) is 6.04 Å². The van der Waals surface area contributed by atoms with E-state index in [1.165, 1.54) is 38.5 Å². The van der Waals surface area contributed by atoms with Crippen molar-refractivity contribution in [3.8, 4) is 0 Å². The lowest BCUT2D eigenvalue weighted by Gasteiger charge is -2.57. The molecule has 0 aromatic carbocycles. The van der Waals surface area contributed by atoms with Gasteiger partial charge >= 0.3 is 0 Å². The quantitative estimate of drug-likeness (QED) is 0.693. The van der Waals surface area contributed by atoms with Gasteiger partial charge in [-0.15, -0.1) is 0 Å². The minimum Gasteiger partial charge on any atom is -0.390 e. The molecule has 0 aliphatic heterocycles. The van der Waals surface area contributed by atoms with E-state index < -0.39 is 5.60 Å². The third-order valence-electron chi connectivity index (χ3n) is 9.78. The van der Waals surface area contributed by atoms with Gasteiger partial charge < -0.3 is 5.11 Å². The largest absolute Gasteiger partial charge is 0.390 e. The molecule has 4 saturated carbocycles. The molecule has 0 bridgehead atoms. The van der Waals surface area contributed by atoms with Crippen molar-refractivity contribution < 1.29 is 9.90 Å². The summed E-state index contributed by atoms with van der Waals surface area (Å²) in [5.41, 5.74) is -0.300. The molecule has 1 aromatic heterocycles. The number of carbonyl (C=O) groups is 1. The number of rotatable bonds is 3. The smallest absolute Gasteiger partial charge is 0.162 e. The lowest BCUT2D eigenvalue weighted by molar-refractivity contribution is -0.135. The molecule has 4 fully saturated rings. The van der Waals surface area contributed by atoms with Crippen LogP contribution in [0.3, 0.4) is 0 Å². The zero-order valence-electron chi connectivity index (χ0n) is 20.3. The second-order valence-electron chi connectivity index (χ2n) is 11.3. The number of fused-ring (bicyclic) bond motifs is 5. The van der Waals surface area contributed by atoms with Gasteiger partial charge in [0.25, 0.3) is 0 Å². The summed E-state index contributed by atoms with van der Waals surface area (Å²) in [6, 6.07) is -0.264. The van der Waals surface area contributed by atoms with Crippen LogP contribution in [0.4, 0.5) is 0 Å². The summed E-state index contributed by atoms with van der Waals surface area (Å²) >= 11 is 0. The van der Waals surface area contributed by atoms with Crippen molar-refractivity contribution >= 4 is 5.78 Å². The summed E-state index contributed by atoms with van der Waals surface area (Å²) in [6.07, 6.45) is 13.8. The SMILES string of the molecule is CC.C[C@H](C(=O)C1CCC2C3CCC4C[C@](C)(O)CCC4C3CC[C@]12C)n1nccn1. The van der Waals surface area contributed by atoms with Crippen molar-refractivity contribution in [2.24, 2.45) is 40.9 Å². The maximum Gasteiger partial charge on any atom is 0.162 e. The Balaban J connectivity index is 0.00000112. The second kappa shape index (κ2) is 8.61. The van der Waals surface area contributed by atoms with Crippen LogP contribution < -0.4 is 0 Å². The summed E-state index contributed by atoms with van der Waals surface area (Å²) in [6.45, 7) is 10.4. The molecule has 0 saturated heterocycles. The number of aromatic nitrogens is 3. The maximum absolute atomic E-state index is 13.4. The molecular formula is C26H43N3O2. The first-order chi connectivity index (χ1) is 14.8. The average molecular weight is 430 g/mol. The van der Waals surface area contributed by atoms with Crippen LogP contribution in [0.1, 0.15) is 98.4 Å². The molecule has 5 heteroatoms. The zero-order valence-corrected chi connectivity index (χ0v) is 20.3. The van der Waals surface area contributed by atoms with Crippen LogP contribution >= 0.6 is 0 Å². The van der Waals surface area contributed by atoms with E-state index in [0.717, 1.165) is 37.0 Å². The van der Waals surface area contributed by atoms with Crippen molar-refractivity contribution in [3.05, 3.63) is 12.4 Å². The monoisotopic (exact) mass is 429 g/mol. The lowest BCUT2D eigenvalue weighted by Crippen LogP contribution is -2.51. The normalized spacial score (nSPS) is 44.8. The van der Waals surface area contributed by atoms with Crippen LogP contribution in [-0.4, -0.2) is 31.5 Å². The van der Waals surface area contributed by atoms with E-state index in [1.807, 2.05) is 27.7 Å². The van der Waals surface area contributed by atoms with Crippen LogP contribution in [0.5, 0.6) is 0 Å². The molecule has 0 amide bonds. The van der Waals surface area contributed by atoms with Gasteiger partial charge in [-0.25, -0.2) is 0 Å². The van der Waals surface area contributed by atoms with Crippen LogP contribution in [-0.2, 0) is 4.79 Å². The van der Waals surface area contributed by atoms with Crippen LogP contribution in [0, 0.1) is 40.9 Å². The molecule has 5 nitrogen and oxygen atoms in total. The van der Waals surface area contributed by atoms with Gasteiger partial charge in [0.2, 0.25) is 0 Å². The van der Waals surface area contributed by atoms with E-state index in [4.69, 9.17) is 0 Å². The summed E-state index contributed by atoms with van der Waals surface area (Å²) in [7, 11) is 0. The molecule has 174 valence electrons. The molecule has 0 radical (unpaired) electrons. The van der Waals surface area contributed by atoms with E-state index in [-0.39, 0.29) is 17.4 Å². The zero-order chi connectivity index (χ0) is 22.4. The van der Waals surface area contributed by atoms with E-state index in [2.05, 4.69) is 17.1 Å². The predicted octanol–water partition coefficient (Wildman–Crippen LogP) is 5.45. The number of nitrogens with zero attached hydrogens (tertiary/aromatic N) is 3. The van der Waals surface area contributed by atoms with Crippen molar-refractivity contribution in [2.75, 3.05) is 0 Å². The second-order valence-corrected chi connectivity index (χ2v) is 11.3. The first kappa shape index (κ1) is 22.9. The first-order valence-electron chi connectivity index (χ1n) is 12.9. The molecule has 5 rings (SSSR count). The Morgan fingerprint density at radius 2 is 1.65 bits per heavy atom.